The fraction of sp³-hybridized carbons (Fsp3) is 0.500. The first-order valence-corrected chi connectivity index (χ1v) is 6.31. The van der Waals surface area contributed by atoms with Gasteiger partial charge >= 0.3 is 0 Å². The lowest BCUT2D eigenvalue weighted by Crippen LogP contribution is -2.37. The average molecular weight is 264 g/mol. The second-order valence-electron chi connectivity index (χ2n) is 4.77. The molecule has 5 heteroatoms. The van der Waals surface area contributed by atoms with Crippen LogP contribution in [0.3, 0.4) is 0 Å². The van der Waals surface area contributed by atoms with Gasteiger partial charge in [-0.1, -0.05) is 11.2 Å². The summed E-state index contributed by atoms with van der Waals surface area (Å²) in [6.07, 6.45) is 0.784. The molecule has 0 amide bonds. The molecule has 0 saturated carbocycles. The third-order valence-electron chi connectivity index (χ3n) is 3.58. The van der Waals surface area contributed by atoms with Crippen LogP contribution in [-0.4, -0.2) is 50.2 Å². The standard InChI is InChI=1S/C14H20N2O3/c1-16-7-6-12(15-17)11(9-16)10-4-5-13(18-2)14(8-10)19-3/h4-5,8,11,17H,6-7,9H2,1-3H3. The SMILES string of the molecule is COc1ccc(C2CN(C)CCC2=NO)cc1OC. The molecule has 1 aromatic rings. The monoisotopic (exact) mass is 264 g/mol. The Labute approximate surface area is 113 Å². The highest BCUT2D eigenvalue weighted by Gasteiger charge is 2.26. The number of ether oxygens (including phenoxy) is 2. The van der Waals surface area contributed by atoms with Crippen molar-refractivity contribution < 1.29 is 14.7 Å². The van der Waals surface area contributed by atoms with Gasteiger partial charge in [0.1, 0.15) is 0 Å². The maximum Gasteiger partial charge on any atom is 0.161 e. The second kappa shape index (κ2) is 5.93. The lowest BCUT2D eigenvalue weighted by Gasteiger charge is -2.30. The molecule has 0 spiro atoms. The molecule has 1 aromatic carbocycles. The molecule has 1 saturated heterocycles. The largest absolute Gasteiger partial charge is 0.493 e. The Kier molecular flexibility index (Phi) is 4.27. The van der Waals surface area contributed by atoms with Gasteiger partial charge in [0.25, 0.3) is 0 Å². The summed E-state index contributed by atoms with van der Waals surface area (Å²) < 4.78 is 10.6. The lowest BCUT2D eigenvalue weighted by atomic mass is 9.88. The predicted octanol–water partition coefficient (Wildman–Crippen LogP) is 1.95. The van der Waals surface area contributed by atoms with E-state index in [4.69, 9.17) is 14.7 Å². The lowest BCUT2D eigenvalue weighted by molar-refractivity contribution is 0.287. The molecular formula is C14H20N2O3. The van der Waals surface area contributed by atoms with Crippen molar-refractivity contribution in [2.75, 3.05) is 34.4 Å². The van der Waals surface area contributed by atoms with E-state index >= 15 is 0 Å². The molecule has 1 atom stereocenters. The molecule has 0 bridgehead atoms. The Balaban J connectivity index is 2.34. The summed E-state index contributed by atoms with van der Waals surface area (Å²) in [7, 11) is 5.31. The topological polar surface area (TPSA) is 54.3 Å². The number of benzene rings is 1. The molecule has 19 heavy (non-hydrogen) atoms. The zero-order valence-electron chi connectivity index (χ0n) is 11.6. The molecular weight excluding hydrogens is 244 g/mol. The number of rotatable bonds is 3. The number of hydrogen-bond donors (Lipinski definition) is 1. The minimum absolute atomic E-state index is 0.101. The second-order valence-corrected chi connectivity index (χ2v) is 4.77. The Morgan fingerprint density at radius 2 is 2.00 bits per heavy atom. The van der Waals surface area contributed by atoms with Crippen LogP contribution in [0.2, 0.25) is 0 Å². The fourth-order valence-electron chi connectivity index (χ4n) is 2.48. The van der Waals surface area contributed by atoms with E-state index in [-0.39, 0.29) is 5.92 Å². The number of likely N-dealkylation sites (N-methyl/N-ethyl adjacent to an activating group) is 1. The van der Waals surface area contributed by atoms with Crippen LogP contribution in [0, 0.1) is 0 Å². The highest BCUT2D eigenvalue weighted by molar-refractivity contribution is 5.91. The Morgan fingerprint density at radius 1 is 1.26 bits per heavy atom. The normalized spacial score (nSPS) is 22.5. The van der Waals surface area contributed by atoms with Crippen LogP contribution in [0.1, 0.15) is 17.9 Å². The first-order valence-electron chi connectivity index (χ1n) is 6.31. The van der Waals surface area contributed by atoms with Crippen molar-refractivity contribution in [3.8, 4) is 11.5 Å². The number of methoxy groups -OCH3 is 2. The highest BCUT2D eigenvalue weighted by Crippen LogP contribution is 2.33. The molecule has 5 nitrogen and oxygen atoms in total. The van der Waals surface area contributed by atoms with E-state index in [0.717, 1.165) is 30.8 Å². The van der Waals surface area contributed by atoms with Gasteiger partial charge in [-0.3, -0.25) is 0 Å². The summed E-state index contributed by atoms with van der Waals surface area (Å²) >= 11 is 0. The van der Waals surface area contributed by atoms with E-state index in [1.54, 1.807) is 14.2 Å². The molecule has 1 aliphatic rings. The van der Waals surface area contributed by atoms with Gasteiger partial charge in [-0.25, -0.2) is 0 Å². The number of likely N-dealkylation sites (tertiary alicyclic amines) is 1. The summed E-state index contributed by atoms with van der Waals surface area (Å²) in [5.74, 6) is 1.51. The molecule has 1 fully saturated rings. The van der Waals surface area contributed by atoms with Crippen molar-refractivity contribution in [3.05, 3.63) is 23.8 Å². The van der Waals surface area contributed by atoms with Gasteiger partial charge in [-0.2, -0.15) is 0 Å². The predicted molar refractivity (Wildman–Crippen MR) is 73.6 cm³/mol. The quantitative estimate of drug-likeness (QED) is 0.669. The van der Waals surface area contributed by atoms with Crippen LogP contribution in [0.25, 0.3) is 0 Å². The molecule has 0 radical (unpaired) electrons. The minimum atomic E-state index is 0.101. The molecule has 104 valence electrons. The maximum absolute atomic E-state index is 9.15. The van der Waals surface area contributed by atoms with Crippen molar-refractivity contribution in [1.82, 2.24) is 4.90 Å². The van der Waals surface area contributed by atoms with Gasteiger partial charge < -0.3 is 19.6 Å². The van der Waals surface area contributed by atoms with Crippen molar-refractivity contribution in [3.63, 3.8) is 0 Å². The van der Waals surface area contributed by atoms with Gasteiger partial charge in [0.15, 0.2) is 11.5 Å². The summed E-state index contributed by atoms with van der Waals surface area (Å²) in [5, 5.41) is 12.6. The zero-order valence-corrected chi connectivity index (χ0v) is 11.6. The van der Waals surface area contributed by atoms with Gasteiger partial charge in [0.05, 0.1) is 19.9 Å². The molecule has 1 unspecified atom stereocenters. The number of hydrogen-bond acceptors (Lipinski definition) is 5. The minimum Gasteiger partial charge on any atom is -0.493 e. The Morgan fingerprint density at radius 3 is 2.63 bits per heavy atom. The number of oxime groups is 1. The molecule has 2 rings (SSSR count). The molecule has 0 aliphatic carbocycles. The van der Waals surface area contributed by atoms with E-state index in [9.17, 15) is 0 Å². The third kappa shape index (κ3) is 2.81. The number of nitrogens with zero attached hydrogens (tertiary/aromatic N) is 2. The first kappa shape index (κ1) is 13.7. The third-order valence-corrected chi connectivity index (χ3v) is 3.58. The van der Waals surface area contributed by atoms with Crippen molar-refractivity contribution >= 4 is 5.71 Å². The van der Waals surface area contributed by atoms with E-state index in [1.165, 1.54) is 0 Å². The van der Waals surface area contributed by atoms with E-state index in [1.807, 2.05) is 18.2 Å². The summed E-state index contributed by atoms with van der Waals surface area (Å²) in [5.41, 5.74) is 1.90. The number of piperidine rings is 1. The Bertz CT molecular complexity index is 474. The maximum atomic E-state index is 9.15. The average Bonchev–Trinajstić information content (AvgIpc) is 2.46. The van der Waals surface area contributed by atoms with Crippen molar-refractivity contribution in [2.24, 2.45) is 5.16 Å². The van der Waals surface area contributed by atoms with E-state index in [2.05, 4.69) is 17.1 Å². The van der Waals surface area contributed by atoms with Gasteiger partial charge in [-0.15, -0.1) is 0 Å². The van der Waals surface area contributed by atoms with E-state index < -0.39 is 0 Å². The van der Waals surface area contributed by atoms with Crippen LogP contribution < -0.4 is 9.47 Å². The molecule has 0 aromatic heterocycles. The first-order chi connectivity index (χ1) is 9.19. The van der Waals surface area contributed by atoms with Crippen molar-refractivity contribution in [2.45, 2.75) is 12.3 Å². The van der Waals surface area contributed by atoms with Gasteiger partial charge in [-0.05, 0) is 24.7 Å². The zero-order chi connectivity index (χ0) is 13.8. The summed E-state index contributed by atoms with van der Waals surface area (Å²) in [4.78, 5) is 2.23. The van der Waals surface area contributed by atoms with Crippen LogP contribution in [0.15, 0.2) is 23.4 Å². The molecule has 1 heterocycles. The Hall–Kier alpha value is -1.75. The smallest absolute Gasteiger partial charge is 0.161 e. The summed E-state index contributed by atoms with van der Waals surface area (Å²) in [6.45, 7) is 1.76. The van der Waals surface area contributed by atoms with Crippen LogP contribution >= 0.6 is 0 Å². The fourth-order valence-corrected chi connectivity index (χ4v) is 2.48. The highest BCUT2D eigenvalue weighted by atomic mass is 16.5. The molecule has 1 N–H and O–H groups in total. The van der Waals surface area contributed by atoms with E-state index in [0.29, 0.717) is 11.5 Å². The van der Waals surface area contributed by atoms with Crippen LogP contribution in [0.5, 0.6) is 11.5 Å². The van der Waals surface area contributed by atoms with Crippen LogP contribution in [-0.2, 0) is 0 Å². The van der Waals surface area contributed by atoms with Crippen LogP contribution in [0.4, 0.5) is 0 Å². The van der Waals surface area contributed by atoms with Gasteiger partial charge in [0, 0.05) is 25.4 Å². The van der Waals surface area contributed by atoms with Gasteiger partial charge in [0.2, 0.25) is 0 Å². The molecule has 1 aliphatic heterocycles. The van der Waals surface area contributed by atoms with Crippen molar-refractivity contribution in [1.29, 1.82) is 0 Å². The summed E-state index contributed by atoms with van der Waals surface area (Å²) in [6, 6.07) is 5.84.